The number of likely N-dealkylation sites (N-methyl/N-ethyl adjacent to an activating group) is 1. The number of nitrogens with zero attached hydrogens (tertiary/aromatic N) is 1. The predicted molar refractivity (Wildman–Crippen MR) is 60.9 cm³/mol. The number of hydrogen-bond acceptors (Lipinski definition) is 1. The fraction of sp³-hybridized carbons (Fsp3) is 0.556. The lowest BCUT2D eigenvalue weighted by Gasteiger charge is -2.23. The van der Waals surface area contributed by atoms with Gasteiger partial charge < -0.3 is 4.48 Å². The summed E-state index contributed by atoms with van der Waals surface area (Å²) < 4.78 is 2.56. The maximum atomic E-state index is 6.00. The molecule has 0 atom stereocenters. The highest BCUT2D eigenvalue weighted by Crippen LogP contribution is 2.31. The smallest absolute Gasteiger partial charge is 0.0978 e. The normalized spacial score (nSPS) is 12.1. The van der Waals surface area contributed by atoms with Gasteiger partial charge in [-0.2, -0.15) is 0 Å². The zero-order valence-electron chi connectivity index (χ0n) is 8.10. The highest BCUT2D eigenvalue weighted by atomic mass is 35.5. The van der Waals surface area contributed by atoms with Gasteiger partial charge in [-0.15, -0.1) is 11.3 Å². The van der Waals surface area contributed by atoms with Crippen molar-refractivity contribution >= 4 is 34.5 Å². The third kappa shape index (κ3) is 3.86. The van der Waals surface area contributed by atoms with Gasteiger partial charge >= 0.3 is 0 Å². The molecule has 0 spiro atoms. The first-order chi connectivity index (χ1) is 5.88. The van der Waals surface area contributed by atoms with Crippen molar-refractivity contribution in [1.29, 1.82) is 0 Å². The van der Waals surface area contributed by atoms with E-state index < -0.39 is 0 Å². The number of thiophene rings is 1. The Hall–Kier alpha value is 0.240. The van der Waals surface area contributed by atoms with Gasteiger partial charge in [0.25, 0.3) is 0 Å². The molecule has 1 aromatic heterocycles. The van der Waals surface area contributed by atoms with Crippen LogP contribution in [0.4, 0.5) is 0 Å². The Balaban J connectivity index is 2.59. The molecular weight excluding hydrogens is 225 g/mol. The van der Waals surface area contributed by atoms with Gasteiger partial charge in [0, 0.05) is 6.42 Å². The molecule has 0 fully saturated rings. The Morgan fingerprint density at radius 3 is 2.31 bits per heavy atom. The minimum absolute atomic E-state index is 0.779. The molecule has 0 N–H and O–H groups in total. The zero-order valence-corrected chi connectivity index (χ0v) is 10.4. The Morgan fingerprint density at radius 1 is 1.31 bits per heavy atom. The summed E-state index contributed by atoms with van der Waals surface area (Å²) in [4.78, 5) is 0. The number of quaternary nitrogens is 1. The van der Waals surface area contributed by atoms with E-state index in [0.717, 1.165) is 26.1 Å². The largest absolute Gasteiger partial charge is 0.331 e. The topological polar surface area (TPSA) is 0 Å². The molecule has 0 unspecified atom stereocenters. The molecule has 74 valence electrons. The Bertz CT molecular complexity index is 288. The van der Waals surface area contributed by atoms with Gasteiger partial charge in [-0.3, -0.25) is 0 Å². The van der Waals surface area contributed by atoms with E-state index in [0.29, 0.717) is 0 Å². The number of halogens is 2. The lowest BCUT2D eigenvalue weighted by atomic mass is 10.2. The number of hydrogen-bond donors (Lipinski definition) is 0. The van der Waals surface area contributed by atoms with Gasteiger partial charge in [0.1, 0.15) is 0 Å². The zero-order chi connectivity index (χ0) is 10.1. The van der Waals surface area contributed by atoms with E-state index in [1.165, 1.54) is 16.9 Å². The molecule has 1 nitrogen and oxygen atoms in total. The molecular formula is C9H14Cl2NS+. The highest BCUT2D eigenvalue weighted by molar-refractivity contribution is 7.20. The van der Waals surface area contributed by atoms with E-state index in [9.17, 15) is 0 Å². The summed E-state index contributed by atoms with van der Waals surface area (Å²) in [5.41, 5.74) is 1.17. The maximum Gasteiger partial charge on any atom is 0.0978 e. The highest BCUT2D eigenvalue weighted by Gasteiger charge is 2.11. The Morgan fingerprint density at radius 2 is 1.92 bits per heavy atom. The van der Waals surface area contributed by atoms with Crippen molar-refractivity contribution in [2.75, 3.05) is 27.7 Å². The lowest BCUT2D eigenvalue weighted by molar-refractivity contribution is -0.870. The van der Waals surface area contributed by atoms with Crippen LogP contribution in [0.1, 0.15) is 5.56 Å². The first-order valence-electron chi connectivity index (χ1n) is 4.12. The molecule has 0 saturated heterocycles. The first-order valence-corrected chi connectivity index (χ1v) is 5.70. The van der Waals surface area contributed by atoms with Gasteiger partial charge in [0.05, 0.1) is 36.4 Å². The molecule has 0 amide bonds. The fourth-order valence-corrected chi connectivity index (χ4v) is 2.55. The van der Waals surface area contributed by atoms with Crippen LogP contribution >= 0.6 is 34.5 Å². The average molecular weight is 239 g/mol. The Kier molecular flexibility index (Phi) is 3.64. The molecule has 13 heavy (non-hydrogen) atoms. The summed E-state index contributed by atoms with van der Waals surface area (Å²) in [5.74, 6) is 0. The van der Waals surface area contributed by atoms with Crippen molar-refractivity contribution in [3.05, 3.63) is 20.3 Å². The van der Waals surface area contributed by atoms with Crippen molar-refractivity contribution in [1.82, 2.24) is 0 Å². The van der Waals surface area contributed by atoms with Gasteiger partial charge in [0.15, 0.2) is 0 Å². The van der Waals surface area contributed by atoms with Gasteiger partial charge in [-0.1, -0.05) is 23.2 Å². The summed E-state index contributed by atoms with van der Waals surface area (Å²) in [6, 6.07) is 1.96. The van der Waals surface area contributed by atoms with Crippen LogP contribution in [0.15, 0.2) is 6.07 Å². The van der Waals surface area contributed by atoms with E-state index in [1.807, 2.05) is 6.07 Å². The maximum absolute atomic E-state index is 6.00. The van der Waals surface area contributed by atoms with Crippen LogP contribution in [0.5, 0.6) is 0 Å². The van der Waals surface area contributed by atoms with Crippen LogP contribution in [0.25, 0.3) is 0 Å². The van der Waals surface area contributed by atoms with E-state index in [2.05, 4.69) is 21.1 Å². The molecule has 0 aliphatic rings. The van der Waals surface area contributed by atoms with Crippen molar-refractivity contribution in [2.24, 2.45) is 0 Å². The summed E-state index contributed by atoms with van der Waals surface area (Å²) in [6.45, 7) is 1.08. The SMILES string of the molecule is C[N+](C)(C)CCc1cc(Cl)sc1Cl. The van der Waals surface area contributed by atoms with E-state index >= 15 is 0 Å². The van der Waals surface area contributed by atoms with Gasteiger partial charge in [-0.05, 0) is 11.6 Å². The molecule has 1 heterocycles. The minimum Gasteiger partial charge on any atom is -0.331 e. The predicted octanol–water partition coefficient (Wildman–Crippen LogP) is 3.30. The van der Waals surface area contributed by atoms with Crippen LogP contribution in [-0.2, 0) is 6.42 Å². The molecule has 4 heteroatoms. The molecule has 0 aliphatic heterocycles. The van der Waals surface area contributed by atoms with E-state index in [1.54, 1.807) is 0 Å². The summed E-state index contributed by atoms with van der Waals surface area (Å²) >= 11 is 13.3. The lowest BCUT2D eigenvalue weighted by Crippen LogP contribution is -2.36. The second-order valence-corrected chi connectivity index (χ2v) is 6.40. The fourth-order valence-electron chi connectivity index (χ4n) is 1.00. The summed E-state index contributed by atoms with van der Waals surface area (Å²) in [7, 11) is 6.51. The molecule has 0 aromatic carbocycles. The van der Waals surface area contributed by atoms with Crippen molar-refractivity contribution in [3.63, 3.8) is 0 Å². The third-order valence-corrected chi connectivity index (χ3v) is 3.35. The molecule has 0 bridgehead atoms. The van der Waals surface area contributed by atoms with Gasteiger partial charge in [-0.25, -0.2) is 0 Å². The second kappa shape index (κ2) is 4.18. The minimum atomic E-state index is 0.779. The van der Waals surface area contributed by atoms with Crippen LogP contribution in [0.3, 0.4) is 0 Å². The van der Waals surface area contributed by atoms with Crippen LogP contribution in [0, 0.1) is 0 Å². The molecule has 1 rings (SSSR count). The standard InChI is InChI=1S/C9H14Cl2NS/c1-12(2,3)5-4-7-6-8(10)13-9(7)11/h6H,4-5H2,1-3H3/q+1. The van der Waals surface area contributed by atoms with Crippen molar-refractivity contribution in [3.8, 4) is 0 Å². The number of rotatable bonds is 3. The monoisotopic (exact) mass is 238 g/mol. The molecule has 0 aliphatic carbocycles. The summed E-state index contributed by atoms with van der Waals surface area (Å²) in [5, 5.41) is 0. The third-order valence-electron chi connectivity index (χ3n) is 1.78. The average Bonchev–Trinajstić information content (AvgIpc) is 2.24. The second-order valence-electron chi connectivity index (χ2n) is 4.11. The molecule has 1 aromatic rings. The van der Waals surface area contributed by atoms with E-state index in [-0.39, 0.29) is 0 Å². The first kappa shape index (κ1) is 11.3. The quantitative estimate of drug-likeness (QED) is 0.710. The van der Waals surface area contributed by atoms with Crippen LogP contribution in [-0.4, -0.2) is 32.2 Å². The van der Waals surface area contributed by atoms with Crippen LogP contribution < -0.4 is 0 Å². The summed E-state index contributed by atoms with van der Waals surface area (Å²) in [6.07, 6.45) is 0.992. The van der Waals surface area contributed by atoms with E-state index in [4.69, 9.17) is 23.2 Å². The molecule has 0 saturated carbocycles. The van der Waals surface area contributed by atoms with Crippen molar-refractivity contribution in [2.45, 2.75) is 6.42 Å². The Labute approximate surface area is 93.5 Å². The van der Waals surface area contributed by atoms with Crippen molar-refractivity contribution < 1.29 is 4.48 Å². The molecule has 0 radical (unpaired) electrons. The van der Waals surface area contributed by atoms with Gasteiger partial charge in [0.2, 0.25) is 0 Å². The van der Waals surface area contributed by atoms with Crippen LogP contribution in [0.2, 0.25) is 8.67 Å².